The Balaban J connectivity index is 1.51. The van der Waals surface area contributed by atoms with Crippen LogP contribution in [0.25, 0.3) is 0 Å². The molecule has 0 N–H and O–H groups in total. The number of unbranched alkanes of at least 4 members (excludes halogenated alkanes) is 5. The van der Waals surface area contributed by atoms with E-state index in [1.807, 2.05) is 0 Å². The van der Waals surface area contributed by atoms with Crippen LogP contribution in [0.3, 0.4) is 0 Å². The van der Waals surface area contributed by atoms with Gasteiger partial charge in [0.05, 0.1) is 0 Å². The van der Waals surface area contributed by atoms with Gasteiger partial charge >= 0.3 is 0 Å². The molecule has 4 unspecified atom stereocenters. The van der Waals surface area contributed by atoms with Gasteiger partial charge in [-0.25, -0.2) is 0 Å². The smallest absolute Gasteiger partial charge is 0.0207 e. The minimum absolute atomic E-state index is 0.887. The summed E-state index contributed by atoms with van der Waals surface area (Å²) in [4.78, 5) is 0. The maximum absolute atomic E-state index is 2.50. The molecule has 2 rings (SSSR count). The van der Waals surface area contributed by atoms with Crippen LogP contribution in [0, 0.1) is 23.2 Å². The Morgan fingerprint density at radius 1 is 1.00 bits per heavy atom. The van der Waals surface area contributed by atoms with Gasteiger partial charge in [0.1, 0.15) is 0 Å². The lowest BCUT2D eigenvalue weighted by Crippen LogP contribution is -1.87. The molecule has 1 spiro atoms. The van der Waals surface area contributed by atoms with Crippen LogP contribution in [0.2, 0.25) is 0 Å². The fourth-order valence-electron chi connectivity index (χ4n) is 4.41. The van der Waals surface area contributed by atoms with Gasteiger partial charge in [0.2, 0.25) is 0 Å². The van der Waals surface area contributed by atoms with Crippen molar-refractivity contribution in [3.63, 3.8) is 0 Å². The molecule has 0 amide bonds. The van der Waals surface area contributed by atoms with E-state index in [2.05, 4.69) is 20.8 Å². The van der Waals surface area contributed by atoms with Gasteiger partial charge in [-0.1, -0.05) is 65.7 Å². The Bertz CT molecular complexity index is 220. The van der Waals surface area contributed by atoms with Crippen molar-refractivity contribution < 1.29 is 0 Å². The number of hydrogen-bond donors (Lipinski definition) is 0. The van der Waals surface area contributed by atoms with Gasteiger partial charge in [-0.15, -0.1) is 0 Å². The van der Waals surface area contributed by atoms with Crippen molar-refractivity contribution in [1.29, 1.82) is 0 Å². The first-order valence-electron chi connectivity index (χ1n) is 7.77. The normalized spacial score (nSPS) is 40.3. The maximum Gasteiger partial charge on any atom is -0.0207 e. The summed E-state index contributed by atoms with van der Waals surface area (Å²) < 4.78 is 0. The summed E-state index contributed by atoms with van der Waals surface area (Å²) in [6, 6.07) is 0. The molecule has 2 aliphatic carbocycles. The van der Waals surface area contributed by atoms with Crippen molar-refractivity contribution in [1.82, 2.24) is 0 Å². The zero-order chi connectivity index (χ0) is 11.6. The average molecular weight is 222 g/mol. The first-order chi connectivity index (χ1) is 7.77. The van der Waals surface area contributed by atoms with Crippen LogP contribution in [0.1, 0.15) is 78.6 Å². The van der Waals surface area contributed by atoms with E-state index < -0.39 is 0 Å². The third-order valence-corrected chi connectivity index (χ3v) is 5.58. The molecule has 0 aromatic carbocycles. The second kappa shape index (κ2) is 5.10. The number of rotatable bonds is 8. The summed E-state index contributed by atoms with van der Waals surface area (Å²) in [5.74, 6) is 3.32. The van der Waals surface area contributed by atoms with E-state index in [4.69, 9.17) is 0 Å². The van der Waals surface area contributed by atoms with Crippen LogP contribution < -0.4 is 0 Å². The third kappa shape index (κ3) is 2.17. The van der Waals surface area contributed by atoms with Crippen LogP contribution in [-0.2, 0) is 0 Å². The quantitative estimate of drug-likeness (QED) is 0.481. The predicted octanol–water partition coefficient (Wildman–Crippen LogP) is 5.42. The number of hydrogen-bond acceptors (Lipinski definition) is 0. The van der Waals surface area contributed by atoms with Crippen LogP contribution >= 0.6 is 0 Å². The minimum Gasteiger partial charge on any atom is -0.0654 e. The van der Waals surface area contributed by atoms with E-state index in [1.165, 1.54) is 44.9 Å². The zero-order valence-electron chi connectivity index (χ0n) is 11.6. The summed E-state index contributed by atoms with van der Waals surface area (Å²) in [5.41, 5.74) is 0.887. The molecule has 94 valence electrons. The Labute approximate surface area is 102 Å². The van der Waals surface area contributed by atoms with E-state index in [0.717, 1.165) is 23.2 Å². The van der Waals surface area contributed by atoms with Gasteiger partial charge < -0.3 is 0 Å². The fourth-order valence-corrected chi connectivity index (χ4v) is 4.41. The zero-order valence-corrected chi connectivity index (χ0v) is 11.6. The van der Waals surface area contributed by atoms with Crippen LogP contribution in [0.15, 0.2) is 0 Å². The highest BCUT2D eigenvalue weighted by atomic mass is 14.8. The molecule has 0 aliphatic heterocycles. The molecule has 2 aliphatic rings. The van der Waals surface area contributed by atoms with Gasteiger partial charge in [0, 0.05) is 0 Å². The van der Waals surface area contributed by atoms with Crippen LogP contribution in [-0.4, -0.2) is 0 Å². The molecule has 4 atom stereocenters. The molecule has 0 saturated heterocycles. The maximum atomic E-state index is 2.50. The highest BCUT2D eigenvalue weighted by Crippen LogP contribution is 2.80. The predicted molar refractivity (Wildman–Crippen MR) is 71.5 cm³/mol. The lowest BCUT2D eigenvalue weighted by molar-refractivity contribution is 0.524. The molecule has 0 aromatic heterocycles. The Morgan fingerprint density at radius 3 is 2.31 bits per heavy atom. The monoisotopic (exact) mass is 222 g/mol. The topological polar surface area (TPSA) is 0 Å². The Kier molecular flexibility index (Phi) is 3.97. The van der Waals surface area contributed by atoms with E-state index >= 15 is 0 Å². The minimum atomic E-state index is 0.887. The summed E-state index contributed by atoms with van der Waals surface area (Å²) in [7, 11) is 0. The largest absolute Gasteiger partial charge is 0.0654 e. The van der Waals surface area contributed by atoms with E-state index in [1.54, 1.807) is 12.8 Å². The van der Waals surface area contributed by atoms with Crippen molar-refractivity contribution in [3.8, 4) is 0 Å². The van der Waals surface area contributed by atoms with Gasteiger partial charge in [-0.3, -0.25) is 0 Å². The molecular formula is C16H30. The standard InChI is InChI=1S/C16H30/c1-4-6-7-8-9-10-11-14-12-16(14)13(3)15(16)5-2/h13-15H,4-12H2,1-3H3. The lowest BCUT2D eigenvalue weighted by atomic mass is 10.1. The van der Waals surface area contributed by atoms with Crippen molar-refractivity contribution in [2.45, 2.75) is 78.6 Å². The summed E-state index contributed by atoms with van der Waals surface area (Å²) in [5, 5.41) is 0. The molecule has 2 fully saturated rings. The fraction of sp³-hybridized carbons (Fsp3) is 1.00. The van der Waals surface area contributed by atoms with E-state index in [-0.39, 0.29) is 0 Å². The molecule has 16 heavy (non-hydrogen) atoms. The second-order valence-corrected chi connectivity index (χ2v) is 6.37. The summed E-state index contributed by atoms with van der Waals surface area (Å²) >= 11 is 0. The molecule has 0 heterocycles. The lowest BCUT2D eigenvalue weighted by Gasteiger charge is -2.00. The molecule has 0 aromatic rings. The molecule has 0 heteroatoms. The Morgan fingerprint density at radius 2 is 1.69 bits per heavy atom. The molecule has 0 radical (unpaired) electrons. The summed E-state index contributed by atoms with van der Waals surface area (Å²) in [6.45, 7) is 7.18. The molecule has 0 nitrogen and oxygen atoms in total. The first-order valence-corrected chi connectivity index (χ1v) is 7.77. The molecule has 2 saturated carbocycles. The highest BCUT2D eigenvalue weighted by Gasteiger charge is 2.73. The van der Waals surface area contributed by atoms with Gasteiger partial charge in [0.25, 0.3) is 0 Å². The van der Waals surface area contributed by atoms with Crippen LogP contribution in [0.4, 0.5) is 0 Å². The van der Waals surface area contributed by atoms with Crippen molar-refractivity contribution in [2.75, 3.05) is 0 Å². The first kappa shape index (κ1) is 12.5. The summed E-state index contributed by atoms with van der Waals surface area (Å²) in [6.07, 6.45) is 13.4. The van der Waals surface area contributed by atoms with E-state index in [9.17, 15) is 0 Å². The van der Waals surface area contributed by atoms with Gasteiger partial charge in [-0.2, -0.15) is 0 Å². The van der Waals surface area contributed by atoms with Crippen molar-refractivity contribution in [2.24, 2.45) is 23.2 Å². The van der Waals surface area contributed by atoms with E-state index in [0.29, 0.717) is 0 Å². The second-order valence-electron chi connectivity index (χ2n) is 6.37. The average Bonchev–Trinajstić information content (AvgIpc) is 3.13. The molecular weight excluding hydrogens is 192 g/mol. The van der Waals surface area contributed by atoms with Crippen molar-refractivity contribution in [3.05, 3.63) is 0 Å². The van der Waals surface area contributed by atoms with Crippen molar-refractivity contribution >= 4 is 0 Å². The van der Waals surface area contributed by atoms with Gasteiger partial charge in [-0.05, 0) is 36.0 Å². The SMILES string of the molecule is CCCCCCCCC1CC12C(C)C2CC. The Hall–Kier alpha value is 0. The highest BCUT2D eigenvalue weighted by molar-refractivity contribution is 5.21. The molecule has 0 bridgehead atoms. The van der Waals surface area contributed by atoms with Crippen LogP contribution in [0.5, 0.6) is 0 Å². The van der Waals surface area contributed by atoms with Gasteiger partial charge in [0.15, 0.2) is 0 Å². The third-order valence-electron chi connectivity index (χ3n) is 5.58.